The van der Waals surface area contributed by atoms with E-state index in [-0.39, 0.29) is 5.91 Å². The Hall–Kier alpha value is -3.32. The molecule has 0 aliphatic carbocycles. The molecule has 0 radical (unpaired) electrons. The van der Waals surface area contributed by atoms with Gasteiger partial charge in [0.2, 0.25) is 0 Å². The number of para-hydroxylation sites is 1. The highest BCUT2D eigenvalue weighted by Crippen LogP contribution is 2.28. The van der Waals surface area contributed by atoms with E-state index in [1.807, 2.05) is 68.4 Å². The average molecular weight is 343 g/mol. The Balaban J connectivity index is 2.11. The van der Waals surface area contributed by atoms with E-state index in [4.69, 9.17) is 0 Å². The van der Waals surface area contributed by atoms with E-state index >= 15 is 0 Å². The molecule has 3 rings (SSSR count). The molecule has 0 bridgehead atoms. The van der Waals surface area contributed by atoms with Crippen LogP contribution in [0.2, 0.25) is 0 Å². The van der Waals surface area contributed by atoms with Crippen molar-refractivity contribution >= 4 is 5.91 Å². The molecule has 0 unspecified atom stereocenters. The lowest BCUT2D eigenvalue weighted by atomic mass is 10.0. The van der Waals surface area contributed by atoms with Gasteiger partial charge in [-0.1, -0.05) is 62.4 Å². The van der Waals surface area contributed by atoms with E-state index < -0.39 is 0 Å². The van der Waals surface area contributed by atoms with Crippen molar-refractivity contribution in [3.63, 3.8) is 0 Å². The maximum Gasteiger partial charge on any atom is 0.269 e. The molecule has 0 fully saturated rings. The summed E-state index contributed by atoms with van der Waals surface area (Å²) in [7, 11) is 0. The predicted octanol–water partition coefficient (Wildman–Crippen LogP) is 4.40. The number of benzene rings is 2. The fourth-order valence-corrected chi connectivity index (χ4v) is 2.88. The monoisotopic (exact) mass is 343 g/mol. The second-order valence-corrected chi connectivity index (χ2v) is 6.55. The first-order valence-electron chi connectivity index (χ1n) is 8.66. The smallest absolute Gasteiger partial charge is 0.269 e. The van der Waals surface area contributed by atoms with Crippen LogP contribution in [0.15, 0.2) is 66.9 Å². The minimum atomic E-state index is -0.233. The summed E-state index contributed by atoms with van der Waals surface area (Å²) in [5.74, 6) is 0.104. The summed E-state index contributed by atoms with van der Waals surface area (Å²) < 4.78 is 1.80. The highest BCUT2D eigenvalue weighted by molar-refractivity contribution is 5.96. The van der Waals surface area contributed by atoms with Gasteiger partial charge in [0, 0.05) is 18.3 Å². The quantitative estimate of drug-likeness (QED) is 0.746. The van der Waals surface area contributed by atoms with E-state index in [0.717, 1.165) is 16.8 Å². The third kappa shape index (κ3) is 3.52. The number of nitriles is 1. The van der Waals surface area contributed by atoms with E-state index in [1.54, 1.807) is 16.8 Å². The Bertz CT molecular complexity index is 949. The average Bonchev–Trinajstić information content (AvgIpc) is 3.11. The first-order valence-corrected chi connectivity index (χ1v) is 8.66. The minimum Gasteiger partial charge on any atom is -0.350 e. The van der Waals surface area contributed by atoms with Gasteiger partial charge in [-0.15, -0.1) is 0 Å². The molecule has 3 aromatic rings. The van der Waals surface area contributed by atoms with Crippen molar-refractivity contribution in [1.29, 1.82) is 5.26 Å². The molecule has 0 atom stereocenters. The summed E-state index contributed by atoms with van der Waals surface area (Å²) in [5.41, 5.74) is 3.68. The van der Waals surface area contributed by atoms with Crippen LogP contribution in [-0.2, 0) is 0 Å². The highest BCUT2D eigenvalue weighted by atomic mass is 16.1. The Morgan fingerprint density at radius 2 is 1.77 bits per heavy atom. The van der Waals surface area contributed by atoms with Crippen LogP contribution in [0.5, 0.6) is 0 Å². The van der Waals surface area contributed by atoms with Gasteiger partial charge in [0.05, 0.1) is 11.3 Å². The molecule has 26 heavy (non-hydrogen) atoms. The Morgan fingerprint density at radius 1 is 1.08 bits per heavy atom. The van der Waals surface area contributed by atoms with Crippen LogP contribution in [0, 0.1) is 17.2 Å². The lowest BCUT2D eigenvalue weighted by molar-refractivity contribution is 0.0942. The zero-order valence-electron chi connectivity index (χ0n) is 14.9. The van der Waals surface area contributed by atoms with Crippen LogP contribution < -0.4 is 5.32 Å². The summed E-state index contributed by atoms with van der Waals surface area (Å²) in [6.45, 7) is 4.64. The number of carbonyl (C=O) groups is 1. The third-order valence-corrected chi connectivity index (χ3v) is 4.14. The van der Waals surface area contributed by atoms with E-state index in [9.17, 15) is 10.1 Å². The molecule has 0 aliphatic rings. The van der Waals surface area contributed by atoms with Crippen LogP contribution >= 0.6 is 0 Å². The van der Waals surface area contributed by atoms with Crippen molar-refractivity contribution < 1.29 is 4.79 Å². The van der Waals surface area contributed by atoms with Crippen LogP contribution in [0.25, 0.3) is 16.8 Å². The third-order valence-electron chi connectivity index (χ3n) is 4.14. The zero-order chi connectivity index (χ0) is 18.5. The molecular weight excluding hydrogens is 322 g/mol. The maximum absolute atomic E-state index is 12.7. The van der Waals surface area contributed by atoms with Crippen molar-refractivity contribution in [1.82, 2.24) is 9.88 Å². The Labute approximate surface area is 153 Å². The summed E-state index contributed by atoms with van der Waals surface area (Å²) in [6, 6.07) is 21.7. The SMILES string of the molecule is CC(C)CNC(=O)c1c(C#N)ccn1-c1ccccc1-c1ccccc1. The molecule has 4 heteroatoms. The second-order valence-electron chi connectivity index (χ2n) is 6.55. The number of nitrogens with one attached hydrogen (secondary N) is 1. The normalized spacial score (nSPS) is 10.5. The number of amides is 1. The fourth-order valence-electron chi connectivity index (χ4n) is 2.88. The van der Waals surface area contributed by atoms with Crippen LogP contribution in [0.1, 0.15) is 29.9 Å². The van der Waals surface area contributed by atoms with Crippen molar-refractivity contribution in [2.24, 2.45) is 5.92 Å². The van der Waals surface area contributed by atoms with E-state index in [1.165, 1.54) is 0 Å². The van der Waals surface area contributed by atoms with Crippen molar-refractivity contribution in [3.8, 4) is 22.9 Å². The van der Waals surface area contributed by atoms with Gasteiger partial charge in [-0.05, 0) is 23.6 Å². The topological polar surface area (TPSA) is 57.8 Å². The van der Waals surface area contributed by atoms with E-state index in [0.29, 0.717) is 23.7 Å². The van der Waals surface area contributed by atoms with Gasteiger partial charge in [0.15, 0.2) is 0 Å². The number of hydrogen-bond donors (Lipinski definition) is 1. The molecular formula is C22H21N3O. The molecule has 0 saturated heterocycles. The van der Waals surface area contributed by atoms with Crippen molar-refractivity contribution in [3.05, 3.63) is 78.1 Å². The van der Waals surface area contributed by atoms with Crippen molar-refractivity contribution in [2.45, 2.75) is 13.8 Å². The molecule has 1 amide bonds. The molecule has 0 saturated carbocycles. The van der Waals surface area contributed by atoms with Gasteiger partial charge in [-0.3, -0.25) is 4.79 Å². The van der Waals surface area contributed by atoms with Gasteiger partial charge < -0.3 is 9.88 Å². The minimum absolute atomic E-state index is 0.233. The first kappa shape index (κ1) is 17.5. The van der Waals surface area contributed by atoms with E-state index in [2.05, 4.69) is 11.4 Å². The fraction of sp³-hybridized carbons (Fsp3) is 0.182. The molecule has 0 aliphatic heterocycles. The van der Waals surface area contributed by atoms with Crippen LogP contribution in [-0.4, -0.2) is 17.0 Å². The highest BCUT2D eigenvalue weighted by Gasteiger charge is 2.20. The second kappa shape index (κ2) is 7.71. The first-order chi connectivity index (χ1) is 12.6. The van der Waals surface area contributed by atoms with Gasteiger partial charge in [0.1, 0.15) is 11.8 Å². The maximum atomic E-state index is 12.7. The van der Waals surface area contributed by atoms with Crippen LogP contribution in [0.4, 0.5) is 0 Å². The van der Waals surface area contributed by atoms with Crippen LogP contribution in [0.3, 0.4) is 0 Å². The molecule has 4 nitrogen and oxygen atoms in total. The number of aromatic nitrogens is 1. The van der Waals surface area contributed by atoms with Gasteiger partial charge in [-0.25, -0.2) is 0 Å². The molecule has 130 valence electrons. The predicted molar refractivity (Wildman–Crippen MR) is 103 cm³/mol. The van der Waals surface area contributed by atoms with Crippen molar-refractivity contribution in [2.75, 3.05) is 6.54 Å². The summed E-state index contributed by atoms with van der Waals surface area (Å²) >= 11 is 0. The standard InChI is InChI=1S/C22H21N3O/c1-16(2)15-24-22(26)21-18(14-23)12-13-25(21)20-11-7-6-10-19(20)17-8-4-3-5-9-17/h3-13,16H,15H2,1-2H3,(H,24,26). The molecule has 2 aromatic carbocycles. The lowest BCUT2D eigenvalue weighted by Gasteiger charge is -2.15. The molecule has 1 aromatic heterocycles. The molecule has 1 N–H and O–H groups in total. The van der Waals surface area contributed by atoms with Gasteiger partial charge in [-0.2, -0.15) is 5.26 Å². The Morgan fingerprint density at radius 3 is 2.46 bits per heavy atom. The number of hydrogen-bond acceptors (Lipinski definition) is 2. The summed E-state index contributed by atoms with van der Waals surface area (Å²) in [4.78, 5) is 12.7. The summed E-state index contributed by atoms with van der Waals surface area (Å²) in [6.07, 6.45) is 1.78. The van der Waals surface area contributed by atoms with Gasteiger partial charge in [0.25, 0.3) is 5.91 Å². The number of nitrogens with zero attached hydrogens (tertiary/aromatic N) is 2. The number of rotatable bonds is 5. The molecule has 0 spiro atoms. The summed E-state index contributed by atoms with van der Waals surface area (Å²) in [5, 5.41) is 12.4. The largest absolute Gasteiger partial charge is 0.350 e. The Kier molecular flexibility index (Phi) is 5.19. The zero-order valence-corrected chi connectivity index (χ0v) is 14.9. The lowest BCUT2D eigenvalue weighted by Crippen LogP contribution is -2.29. The number of carbonyl (C=O) groups excluding carboxylic acids is 1. The van der Waals surface area contributed by atoms with Gasteiger partial charge >= 0.3 is 0 Å². The molecule has 1 heterocycles.